The van der Waals surface area contributed by atoms with Crippen LogP contribution in [0.25, 0.3) is 0 Å². The fourth-order valence-electron chi connectivity index (χ4n) is 4.45. The Morgan fingerprint density at radius 3 is 2.42 bits per heavy atom. The molecule has 4 rings (SSSR count). The third-order valence-corrected chi connectivity index (χ3v) is 5.71. The molecule has 0 spiro atoms. The average molecular weight is 419 g/mol. The lowest BCUT2D eigenvalue weighted by molar-refractivity contribution is -0.139. The number of Topliss-reactive ketones (excluding diaryl/α,β-unsaturated/α-hetero) is 1. The van der Waals surface area contributed by atoms with Crippen LogP contribution < -0.4 is 9.47 Å². The van der Waals surface area contributed by atoms with Crippen LogP contribution in [-0.4, -0.2) is 37.8 Å². The van der Waals surface area contributed by atoms with Gasteiger partial charge in [0.2, 0.25) is 0 Å². The Morgan fingerprint density at radius 1 is 1.00 bits per heavy atom. The van der Waals surface area contributed by atoms with E-state index < -0.39 is 17.8 Å². The average Bonchev–Trinajstić information content (AvgIpc) is 3.05. The maximum atomic E-state index is 13.5. The Labute approximate surface area is 181 Å². The normalized spacial score (nSPS) is 19.5. The predicted octanol–water partition coefficient (Wildman–Crippen LogP) is 4.33. The van der Waals surface area contributed by atoms with Crippen molar-refractivity contribution < 1.29 is 23.8 Å². The minimum absolute atomic E-state index is 0.0394. The number of carbonyl (C=O) groups is 2. The fourth-order valence-corrected chi connectivity index (χ4v) is 4.45. The summed E-state index contributed by atoms with van der Waals surface area (Å²) in [6.45, 7) is 6.15. The van der Waals surface area contributed by atoms with Crippen molar-refractivity contribution in [1.29, 1.82) is 0 Å². The first-order valence-corrected chi connectivity index (χ1v) is 10.4. The van der Waals surface area contributed by atoms with Crippen molar-refractivity contribution in [2.75, 3.05) is 20.3 Å². The van der Waals surface area contributed by atoms with Crippen LogP contribution in [0.3, 0.4) is 0 Å². The quantitative estimate of drug-likeness (QED) is 0.652. The molecule has 0 fully saturated rings. The second kappa shape index (κ2) is 8.38. The van der Waals surface area contributed by atoms with E-state index in [0.29, 0.717) is 40.7 Å². The standard InChI is InChI=1S/C25H25NO5/c1-5-30-19-13-15(11-12-18(19)29-4)21-20(25(28)31-6-2)14(3)26-23-16-9-7-8-10-17(16)24(27)22(21)23/h7-13,21-22H,5-6H2,1-4H3/t21-,22?/m0/s1. The van der Waals surface area contributed by atoms with Crippen molar-refractivity contribution in [3.05, 3.63) is 70.4 Å². The Kier molecular flexibility index (Phi) is 5.63. The Morgan fingerprint density at radius 2 is 1.74 bits per heavy atom. The van der Waals surface area contributed by atoms with Crippen molar-refractivity contribution in [2.45, 2.75) is 26.7 Å². The van der Waals surface area contributed by atoms with Crippen LogP contribution in [0.15, 0.2) is 58.7 Å². The van der Waals surface area contributed by atoms with E-state index in [1.165, 1.54) is 0 Å². The lowest BCUT2D eigenvalue weighted by Crippen LogP contribution is -2.32. The number of carbonyl (C=O) groups excluding carboxylic acids is 2. The van der Waals surface area contributed by atoms with Crippen LogP contribution in [0.2, 0.25) is 0 Å². The molecule has 1 aliphatic heterocycles. The highest BCUT2D eigenvalue weighted by Crippen LogP contribution is 2.47. The number of hydrogen-bond acceptors (Lipinski definition) is 6. The topological polar surface area (TPSA) is 74.2 Å². The van der Waals surface area contributed by atoms with E-state index in [1.807, 2.05) is 43.3 Å². The summed E-state index contributed by atoms with van der Waals surface area (Å²) in [4.78, 5) is 31.2. The largest absolute Gasteiger partial charge is 0.493 e. The van der Waals surface area contributed by atoms with Gasteiger partial charge >= 0.3 is 5.97 Å². The van der Waals surface area contributed by atoms with Crippen molar-refractivity contribution in [3.63, 3.8) is 0 Å². The molecule has 2 aromatic carbocycles. The van der Waals surface area contributed by atoms with Gasteiger partial charge in [0.15, 0.2) is 17.3 Å². The Hall–Kier alpha value is -3.41. The summed E-state index contributed by atoms with van der Waals surface area (Å²) >= 11 is 0. The maximum Gasteiger partial charge on any atom is 0.336 e. The van der Waals surface area contributed by atoms with Gasteiger partial charge in [0, 0.05) is 22.7 Å². The highest BCUT2D eigenvalue weighted by molar-refractivity contribution is 6.30. The summed E-state index contributed by atoms with van der Waals surface area (Å²) in [5.41, 5.74) is 3.91. The molecule has 6 nitrogen and oxygen atoms in total. The Bertz CT molecular complexity index is 1110. The van der Waals surface area contributed by atoms with Crippen LogP contribution in [0, 0.1) is 5.92 Å². The second-order valence-electron chi connectivity index (χ2n) is 7.43. The van der Waals surface area contributed by atoms with Gasteiger partial charge < -0.3 is 14.2 Å². The van der Waals surface area contributed by atoms with Gasteiger partial charge in [-0.05, 0) is 38.5 Å². The van der Waals surface area contributed by atoms with Crippen LogP contribution in [-0.2, 0) is 9.53 Å². The molecule has 0 aromatic heterocycles. The van der Waals surface area contributed by atoms with Gasteiger partial charge in [0.05, 0.1) is 37.5 Å². The van der Waals surface area contributed by atoms with Gasteiger partial charge in [-0.3, -0.25) is 9.79 Å². The van der Waals surface area contributed by atoms with Gasteiger partial charge in [-0.15, -0.1) is 0 Å². The number of allylic oxidation sites excluding steroid dienone is 1. The first-order valence-electron chi connectivity index (χ1n) is 10.4. The number of rotatable bonds is 6. The number of hydrogen-bond donors (Lipinski definition) is 0. The molecular formula is C25H25NO5. The molecule has 2 atom stereocenters. The number of fused-ring (bicyclic) bond motifs is 3. The van der Waals surface area contributed by atoms with E-state index in [-0.39, 0.29) is 12.4 Å². The summed E-state index contributed by atoms with van der Waals surface area (Å²) in [7, 11) is 1.58. The first kappa shape index (κ1) is 20.8. The van der Waals surface area contributed by atoms with E-state index in [1.54, 1.807) is 27.0 Å². The minimum atomic E-state index is -0.594. The number of aliphatic imine (C=N–C) groups is 1. The van der Waals surface area contributed by atoms with Crippen LogP contribution in [0.1, 0.15) is 48.2 Å². The summed E-state index contributed by atoms with van der Waals surface area (Å²) in [6, 6.07) is 13.0. The van der Waals surface area contributed by atoms with Crippen molar-refractivity contribution in [3.8, 4) is 11.5 Å². The molecular weight excluding hydrogens is 394 g/mol. The molecule has 1 heterocycles. The molecule has 0 amide bonds. The summed E-state index contributed by atoms with van der Waals surface area (Å²) in [6.07, 6.45) is 0. The van der Waals surface area contributed by atoms with Crippen LogP contribution >= 0.6 is 0 Å². The molecule has 6 heteroatoms. The lowest BCUT2D eigenvalue weighted by Gasteiger charge is -2.30. The molecule has 0 radical (unpaired) electrons. The van der Waals surface area contributed by atoms with Crippen molar-refractivity contribution in [2.24, 2.45) is 10.9 Å². The van der Waals surface area contributed by atoms with Crippen molar-refractivity contribution in [1.82, 2.24) is 0 Å². The Balaban J connectivity index is 1.92. The van der Waals surface area contributed by atoms with E-state index in [9.17, 15) is 9.59 Å². The number of ketones is 1. The predicted molar refractivity (Wildman–Crippen MR) is 117 cm³/mol. The molecule has 0 saturated carbocycles. The van der Waals surface area contributed by atoms with Gasteiger partial charge in [-0.2, -0.15) is 0 Å². The van der Waals surface area contributed by atoms with Crippen LogP contribution in [0.5, 0.6) is 11.5 Å². The molecule has 0 N–H and O–H groups in total. The zero-order valence-electron chi connectivity index (χ0n) is 18.1. The molecule has 2 aliphatic rings. The molecule has 1 aliphatic carbocycles. The molecule has 2 aromatic rings. The lowest BCUT2D eigenvalue weighted by atomic mass is 9.75. The number of methoxy groups -OCH3 is 1. The third-order valence-electron chi connectivity index (χ3n) is 5.71. The first-order chi connectivity index (χ1) is 15.0. The smallest absolute Gasteiger partial charge is 0.336 e. The maximum absolute atomic E-state index is 13.5. The number of benzene rings is 2. The summed E-state index contributed by atoms with van der Waals surface area (Å²) < 4.78 is 16.5. The number of ether oxygens (including phenoxy) is 3. The summed E-state index contributed by atoms with van der Waals surface area (Å²) in [5.74, 6) is -0.460. The molecule has 160 valence electrons. The highest BCUT2D eigenvalue weighted by Gasteiger charge is 2.48. The zero-order valence-corrected chi connectivity index (χ0v) is 18.1. The molecule has 0 saturated heterocycles. The van der Waals surface area contributed by atoms with E-state index in [4.69, 9.17) is 19.2 Å². The molecule has 31 heavy (non-hydrogen) atoms. The summed E-state index contributed by atoms with van der Waals surface area (Å²) in [5, 5.41) is 0. The molecule has 0 bridgehead atoms. The third kappa shape index (κ3) is 3.42. The minimum Gasteiger partial charge on any atom is -0.493 e. The highest BCUT2D eigenvalue weighted by atomic mass is 16.5. The zero-order chi connectivity index (χ0) is 22.1. The SMILES string of the molecule is CCOC(=O)C1=C(C)N=C2c3ccccc3C(=O)C2[C@H]1c1ccc(OC)c(OCC)c1. The van der Waals surface area contributed by atoms with Gasteiger partial charge in [-0.25, -0.2) is 4.79 Å². The van der Waals surface area contributed by atoms with E-state index in [2.05, 4.69) is 0 Å². The second-order valence-corrected chi connectivity index (χ2v) is 7.43. The number of nitrogens with zero attached hydrogens (tertiary/aromatic N) is 1. The molecule has 1 unspecified atom stereocenters. The monoisotopic (exact) mass is 419 g/mol. The number of esters is 1. The van der Waals surface area contributed by atoms with Gasteiger partial charge in [-0.1, -0.05) is 30.3 Å². The van der Waals surface area contributed by atoms with Crippen LogP contribution in [0.4, 0.5) is 0 Å². The van der Waals surface area contributed by atoms with Gasteiger partial charge in [0.25, 0.3) is 0 Å². The van der Waals surface area contributed by atoms with Crippen molar-refractivity contribution >= 4 is 17.5 Å². The van der Waals surface area contributed by atoms with Gasteiger partial charge in [0.1, 0.15) is 0 Å². The van der Waals surface area contributed by atoms with E-state index in [0.717, 1.165) is 11.1 Å². The van der Waals surface area contributed by atoms with E-state index >= 15 is 0 Å². The fraction of sp³-hybridized carbons (Fsp3) is 0.320.